The second-order valence-corrected chi connectivity index (χ2v) is 5.34. The Morgan fingerprint density at radius 3 is 2.70 bits per heavy atom. The van der Waals surface area contributed by atoms with Crippen LogP contribution < -0.4 is 10.3 Å². The van der Waals surface area contributed by atoms with Gasteiger partial charge < -0.3 is 4.74 Å². The zero-order chi connectivity index (χ0) is 17.1. The summed E-state index contributed by atoms with van der Waals surface area (Å²) in [6, 6.07) is 6.47. The maximum Gasteiger partial charge on any atom is 0.285 e. The fraction of sp³-hybridized carbons (Fsp3) is 0.250. The summed E-state index contributed by atoms with van der Waals surface area (Å²) < 4.78 is 6.03. The standard InChI is InChI=1S/C16H14ClN3O3/c1-9-10(2)19-20(16(22)12(9)7-18)8-14(21)11-4-5-15(23-3)13(17)6-11/h4-6H,8H2,1-3H3. The summed E-state index contributed by atoms with van der Waals surface area (Å²) in [7, 11) is 1.48. The van der Waals surface area contributed by atoms with Crippen molar-refractivity contribution in [3.63, 3.8) is 0 Å². The van der Waals surface area contributed by atoms with E-state index in [1.165, 1.54) is 13.2 Å². The molecule has 118 valence electrons. The molecular formula is C16H14ClN3O3. The number of hydrogen-bond acceptors (Lipinski definition) is 5. The van der Waals surface area contributed by atoms with Crippen LogP contribution in [0.25, 0.3) is 0 Å². The van der Waals surface area contributed by atoms with Crippen LogP contribution in [0.5, 0.6) is 5.75 Å². The van der Waals surface area contributed by atoms with Crippen molar-refractivity contribution in [1.82, 2.24) is 9.78 Å². The summed E-state index contributed by atoms with van der Waals surface area (Å²) in [5.74, 6) is 0.118. The molecule has 0 amide bonds. The highest BCUT2D eigenvalue weighted by Gasteiger charge is 2.15. The number of hydrogen-bond donors (Lipinski definition) is 0. The number of methoxy groups -OCH3 is 1. The van der Waals surface area contributed by atoms with Crippen molar-refractivity contribution in [2.24, 2.45) is 0 Å². The highest BCUT2D eigenvalue weighted by atomic mass is 35.5. The molecule has 0 N–H and O–H groups in total. The van der Waals surface area contributed by atoms with Crippen molar-refractivity contribution in [3.8, 4) is 11.8 Å². The molecule has 0 saturated heterocycles. The van der Waals surface area contributed by atoms with Crippen LogP contribution in [-0.2, 0) is 6.54 Å². The monoisotopic (exact) mass is 331 g/mol. The summed E-state index contributed by atoms with van der Waals surface area (Å²) in [6.45, 7) is 3.07. The first-order valence-electron chi connectivity index (χ1n) is 6.74. The lowest BCUT2D eigenvalue weighted by molar-refractivity contribution is 0.0965. The van der Waals surface area contributed by atoms with E-state index in [1.54, 1.807) is 26.0 Å². The normalized spacial score (nSPS) is 10.2. The summed E-state index contributed by atoms with van der Waals surface area (Å²) in [5, 5.41) is 13.5. The number of aromatic nitrogens is 2. The molecule has 0 aliphatic carbocycles. The number of ketones is 1. The third kappa shape index (κ3) is 3.25. The second-order valence-electron chi connectivity index (χ2n) is 4.93. The van der Waals surface area contributed by atoms with Crippen molar-refractivity contribution >= 4 is 17.4 Å². The average Bonchev–Trinajstić information content (AvgIpc) is 2.53. The van der Waals surface area contributed by atoms with E-state index in [4.69, 9.17) is 21.6 Å². The molecule has 2 rings (SSSR count). The maximum atomic E-state index is 12.3. The summed E-state index contributed by atoms with van der Waals surface area (Å²) in [6.07, 6.45) is 0. The smallest absolute Gasteiger partial charge is 0.285 e. The minimum atomic E-state index is -0.580. The van der Waals surface area contributed by atoms with Crippen LogP contribution in [-0.4, -0.2) is 22.7 Å². The van der Waals surface area contributed by atoms with Crippen LogP contribution in [0.1, 0.15) is 27.2 Å². The summed E-state index contributed by atoms with van der Waals surface area (Å²) in [4.78, 5) is 24.5. The van der Waals surface area contributed by atoms with Crippen molar-refractivity contribution in [1.29, 1.82) is 5.26 Å². The van der Waals surface area contributed by atoms with E-state index in [2.05, 4.69) is 5.10 Å². The Bertz CT molecular complexity index is 881. The molecule has 0 atom stereocenters. The Hall–Kier alpha value is -2.65. The van der Waals surface area contributed by atoms with E-state index in [0.29, 0.717) is 27.6 Å². The Balaban J connectivity index is 2.38. The fourth-order valence-corrected chi connectivity index (χ4v) is 2.34. The lowest BCUT2D eigenvalue weighted by Crippen LogP contribution is -2.30. The van der Waals surface area contributed by atoms with E-state index in [1.807, 2.05) is 6.07 Å². The van der Waals surface area contributed by atoms with Crippen LogP contribution in [0, 0.1) is 25.2 Å². The number of rotatable bonds is 4. The molecule has 0 aliphatic heterocycles. The van der Waals surface area contributed by atoms with Crippen molar-refractivity contribution in [2.45, 2.75) is 20.4 Å². The van der Waals surface area contributed by atoms with Gasteiger partial charge in [-0.15, -0.1) is 0 Å². The first kappa shape index (κ1) is 16.7. The second kappa shape index (κ2) is 6.63. The van der Waals surface area contributed by atoms with Gasteiger partial charge in [-0.2, -0.15) is 10.4 Å². The van der Waals surface area contributed by atoms with E-state index in [9.17, 15) is 9.59 Å². The number of carbonyl (C=O) groups is 1. The molecule has 0 fully saturated rings. The highest BCUT2D eigenvalue weighted by molar-refractivity contribution is 6.32. The quantitative estimate of drug-likeness (QED) is 0.802. The lowest BCUT2D eigenvalue weighted by Gasteiger charge is -2.09. The van der Waals surface area contributed by atoms with Gasteiger partial charge in [0.2, 0.25) is 0 Å². The first-order valence-corrected chi connectivity index (χ1v) is 7.12. The lowest BCUT2D eigenvalue weighted by atomic mass is 10.1. The van der Waals surface area contributed by atoms with Gasteiger partial charge in [0.25, 0.3) is 5.56 Å². The highest BCUT2D eigenvalue weighted by Crippen LogP contribution is 2.25. The van der Waals surface area contributed by atoms with Gasteiger partial charge in [-0.25, -0.2) is 4.68 Å². The Morgan fingerprint density at radius 2 is 2.13 bits per heavy atom. The third-order valence-corrected chi connectivity index (χ3v) is 3.81. The van der Waals surface area contributed by atoms with E-state index in [-0.39, 0.29) is 17.9 Å². The maximum absolute atomic E-state index is 12.3. The van der Waals surface area contributed by atoms with E-state index < -0.39 is 5.56 Å². The Morgan fingerprint density at radius 1 is 1.43 bits per heavy atom. The van der Waals surface area contributed by atoms with Gasteiger partial charge in [-0.3, -0.25) is 9.59 Å². The average molecular weight is 332 g/mol. The molecule has 0 aliphatic rings. The predicted octanol–water partition coefficient (Wildman–Crippen LogP) is 2.28. The van der Waals surface area contributed by atoms with Gasteiger partial charge in [-0.05, 0) is 37.6 Å². The molecular weight excluding hydrogens is 318 g/mol. The summed E-state index contributed by atoms with van der Waals surface area (Å²) >= 11 is 6.00. The summed E-state index contributed by atoms with van der Waals surface area (Å²) in [5.41, 5.74) is 0.804. The van der Waals surface area contributed by atoms with Crippen LogP contribution in [0.15, 0.2) is 23.0 Å². The molecule has 0 saturated carbocycles. The number of carbonyl (C=O) groups excluding carboxylic acids is 1. The minimum absolute atomic E-state index is 0.00179. The van der Waals surface area contributed by atoms with Crippen LogP contribution in [0.3, 0.4) is 0 Å². The van der Waals surface area contributed by atoms with Crippen LogP contribution >= 0.6 is 11.6 Å². The molecule has 7 heteroatoms. The van der Waals surface area contributed by atoms with Gasteiger partial charge in [0.05, 0.1) is 17.8 Å². The third-order valence-electron chi connectivity index (χ3n) is 3.52. The first-order chi connectivity index (χ1) is 10.9. The number of nitrogens with zero attached hydrogens (tertiary/aromatic N) is 3. The minimum Gasteiger partial charge on any atom is -0.495 e. The number of benzene rings is 1. The number of nitriles is 1. The van der Waals surface area contributed by atoms with Gasteiger partial charge >= 0.3 is 0 Å². The topological polar surface area (TPSA) is 85.0 Å². The molecule has 0 bridgehead atoms. The molecule has 6 nitrogen and oxygen atoms in total. The predicted molar refractivity (Wildman–Crippen MR) is 85.0 cm³/mol. The molecule has 1 heterocycles. The van der Waals surface area contributed by atoms with Crippen LogP contribution in [0.2, 0.25) is 5.02 Å². The molecule has 0 spiro atoms. The van der Waals surface area contributed by atoms with Gasteiger partial charge in [0.1, 0.15) is 23.9 Å². The number of Topliss-reactive ketones (excluding diaryl/α,β-unsaturated/α-hetero) is 1. The van der Waals surface area contributed by atoms with Crippen molar-refractivity contribution in [2.75, 3.05) is 7.11 Å². The van der Waals surface area contributed by atoms with Crippen LogP contribution in [0.4, 0.5) is 0 Å². The SMILES string of the molecule is COc1ccc(C(=O)Cn2nc(C)c(C)c(C#N)c2=O)cc1Cl. The zero-order valence-electron chi connectivity index (χ0n) is 12.9. The zero-order valence-corrected chi connectivity index (χ0v) is 13.6. The van der Waals surface area contributed by atoms with Crippen molar-refractivity contribution < 1.29 is 9.53 Å². The van der Waals surface area contributed by atoms with Gasteiger partial charge in [0.15, 0.2) is 5.78 Å². The van der Waals surface area contributed by atoms with E-state index in [0.717, 1.165) is 4.68 Å². The fourth-order valence-electron chi connectivity index (χ4n) is 2.08. The number of halogens is 1. The Kier molecular flexibility index (Phi) is 4.82. The molecule has 0 radical (unpaired) electrons. The molecule has 23 heavy (non-hydrogen) atoms. The van der Waals surface area contributed by atoms with Gasteiger partial charge in [0, 0.05) is 5.56 Å². The largest absolute Gasteiger partial charge is 0.495 e. The van der Waals surface area contributed by atoms with E-state index >= 15 is 0 Å². The molecule has 1 aromatic heterocycles. The molecule has 2 aromatic rings. The Labute approximate surface area is 137 Å². The van der Waals surface area contributed by atoms with Crippen molar-refractivity contribution in [3.05, 3.63) is 56.0 Å². The molecule has 1 aromatic carbocycles. The number of ether oxygens (including phenoxy) is 1. The molecule has 0 unspecified atom stereocenters. The van der Waals surface area contributed by atoms with Gasteiger partial charge in [-0.1, -0.05) is 11.6 Å². The number of aryl methyl sites for hydroxylation is 1.